The molecule has 0 spiro atoms. The van der Waals surface area contributed by atoms with Gasteiger partial charge in [-0.1, -0.05) is 6.92 Å². The Morgan fingerprint density at radius 2 is 2.38 bits per heavy atom. The minimum absolute atomic E-state index is 0.415. The maximum Gasteiger partial charge on any atom is 0.133 e. The summed E-state index contributed by atoms with van der Waals surface area (Å²) in [6, 6.07) is 4.08. The first kappa shape index (κ1) is 8.54. The molecule has 0 amide bonds. The summed E-state index contributed by atoms with van der Waals surface area (Å²) in [6.45, 7) is 2.23. The third kappa shape index (κ3) is 1.67. The Morgan fingerprint density at radius 1 is 1.54 bits per heavy atom. The minimum Gasteiger partial charge on any atom is -0.365 e. The van der Waals surface area contributed by atoms with Crippen molar-refractivity contribution in [3.8, 4) is 0 Å². The molecule has 1 aliphatic carbocycles. The molecule has 0 bridgehead atoms. The van der Waals surface area contributed by atoms with Crippen LogP contribution in [0.25, 0.3) is 0 Å². The highest BCUT2D eigenvalue weighted by Crippen LogP contribution is 2.34. The van der Waals surface area contributed by atoms with Gasteiger partial charge in [0.05, 0.1) is 0 Å². The van der Waals surface area contributed by atoms with E-state index >= 15 is 0 Å². The third-order valence-electron chi connectivity index (χ3n) is 3.03. The highest BCUT2D eigenvalue weighted by Gasteiger charge is 2.27. The maximum absolute atomic E-state index is 11.3. The molecule has 1 aromatic rings. The molecule has 2 unspecified atom stereocenters. The summed E-state index contributed by atoms with van der Waals surface area (Å²) in [5.74, 6) is 1.48. The summed E-state index contributed by atoms with van der Waals surface area (Å²) in [5.41, 5.74) is 1.22. The highest BCUT2D eigenvalue weighted by molar-refractivity contribution is 5.80. The second kappa shape index (κ2) is 3.36. The largest absolute Gasteiger partial charge is 0.365 e. The van der Waals surface area contributed by atoms with Crippen molar-refractivity contribution in [2.45, 2.75) is 32.1 Å². The third-order valence-corrected chi connectivity index (χ3v) is 3.03. The summed E-state index contributed by atoms with van der Waals surface area (Å²) >= 11 is 0. The molecular weight excluding hydrogens is 162 g/mol. The van der Waals surface area contributed by atoms with E-state index in [1.807, 2.05) is 12.3 Å². The summed E-state index contributed by atoms with van der Waals surface area (Å²) in [4.78, 5) is 14.5. The molecule has 1 saturated carbocycles. The predicted octanol–water partition coefficient (Wildman–Crippen LogP) is 2.49. The minimum atomic E-state index is 0.415. The van der Waals surface area contributed by atoms with Gasteiger partial charge in [-0.3, -0.25) is 4.79 Å². The van der Waals surface area contributed by atoms with Gasteiger partial charge < -0.3 is 4.98 Å². The molecule has 2 atom stereocenters. The molecule has 1 aromatic heterocycles. The number of Topliss-reactive ketones (excluding diaryl/α,β-unsaturated/α-hetero) is 1. The van der Waals surface area contributed by atoms with E-state index in [4.69, 9.17) is 0 Å². The van der Waals surface area contributed by atoms with E-state index in [0.29, 0.717) is 17.6 Å². The van der Waals surface area contributed by atoms with Crippen molar-refractivity contribution in [3.63, 3.8) is 0 Å². The zero-order chi connectivity index (χ0) is 9.26. The van der Waals surface area contributed by atoms with Crippen LogP contribution in [0.2, 0.25) is 0 Å². The molecule has 1 fully saturated rings. The lowest BCUT2D eigenvalue weighted by Crippen LogP contribution is -2.21. The Balaban J connectivity index is 2.17. The number of nitrogens with one attached hydrogen (secondary N) is 1. The Morgan fingerprint density at radius 3 is 3.08 bits per heavy atom. The van der Waals surface area contributed by atoms with Crippen LogP contribution in [0.4, 0.5) is 0 Å². The molecule has 70 valence electrons. The smallest absolute Gasteiger partial charge is 0.133 e. The Kier molecular flexibility index (Phi) is 2.21. The maximum atomic E-state index is 11.3. The Hall–Kier alpha value is -1.05. The molecule has 2 heteroatoms. The topological polar surface area (TPSA) is 32.9 Å². The first-order valence-electron chi connectivity index (χ1n) is 4.92. The lowest BCUT2D eigenvalue weighted by molar-refractivity contribution is -0.121. The van der Waals surface area contributed by atoms with Crippen molar-refractivity contribution in [2.24, 2.45) is 5.92 Å². The fourth-order valence-corrected chi connectivity index (χ4v) is 2.13. The molecule has 0 aromatic carbocycles. The highest BCUT2D eigenvalue weighted by atomic mass is 16.1. The summed E-state index contributed by atoms with van der Waals surface area (Å²) in [7, 11) is 0. The molecule has 2 rings (SSSR count). The van der Waals surface area contributed by atoms with Gasteiger partial charge in [-0.05, 0) is 24.5 Å². The quantitative estimate of drug-likeness (QED) is 0.702. The molecule has 1 N–H and O–H groups in total. The van der Waals surface area contributed by atoms with Crippen molar-refractivity contribution in [1.82, 2.24) is 4.98 Å². The number of ketones is 1. The van der Waals surface area contributed by atoms with E-state index in [1.54, 1.807) is 0 Å². The molecule has 0 radical (unpaired) electrons. The van der Waals surface area contributed by atoms with Crippen LogP contribution in [-0.2, 0) is 4.79 Å². The van der Waals surface area contributed by atoms with Gasteiger partial charge in [-0.25, -0.2) is 0 Å². The molecular formula is C11H15NO. The van der Waals surface area contributed by atoms with Crippen LogP contribution < -0.4 is 0 Å². The van der Waals surface area contributed by atoms with E-state index in [-0.39, 0.29) is 0 Å². The fraction of sp³-hybridized carbons (Fsp3) is 0.545. The number of aromatic amines is 1. The van der Waals surface area contributed by atoms with Crippen LogP contribution in [-0.4, -0.2) is 10.8 Å². The van der Waals surface area contributed by atoms with Gasteiger partial charge in [0, 0.05) is 30.7 Å². The first-order valence-corrected chi connectivity index (χ1v) is 4.92. The van der Waals surface area contributed by atoms with Crippen LogP contribution in [0.5, 0.6) is 0 Å². The Bertz CT molecular complexity index is 289. The van der Waals surface area contributed by atoms with E-state index in [2.05, 4.69) is 18.0 Å². The second-order valence-corrected chi connectivity index (χ2v) is 3.99. The molecule has 1 aliphatic rings. The zero-order valence-corrected chi connectivity index (χ0v) is 7.92. The van der Waals surface area contributed by atoms with E-state index in [1.165, 1.54) is 5.69 Å². The molecule has 2 nitrogen and oxygen atoms in total. The normalized spacial score (nSPS) is 29.2. The lowest BCUT2D eigenvalue weighted by atomic mass is 9.78. The molecule has 0 saturated heterocycles. The van der Waals surface area contributed by atoms with Crippen molar-refractivity contribution in [3.05, 3.63) is 24.0 Å². The summed E-state index contributed by atoms with van der Waals surface area (Å²) < 4.78 is 0. The lowest BCUT2D eigenvalue weighted by Gasteiger charge is -2.26. The number of aromatic nitrogens is 1. The fourth-order valence-electron chi connectivity index (χ4n) is 2.13. The van der Waals surface area contributed by atoms with Crippen molar-refractivity contribution >= 4 is 5.78 Å². The number of hydrogen-bond donors (Lipinski definition) is 1. The Labute approximate surface area is 78.4 Å². The number of hydrogen-bond acceptors (Lipinski definition) is 1. The number of carbonyl (C=O) groups excluding carboxylic acids is 1. The van der Waals surface area contributed by atoms with Gasteiger partial charge in [0.2, 0.25) is 0 Å². The van der Waals surface area contributed by atoms with Crippen molar-refractivity contribution < 1.29 is 4.79 Å². The molecule has 13 heavy (non-hydrogen) atoms. The molecule has 0 aliphatic heterocycles. The van der Waals surface area contributed by atoms with E-state index in [9.17, 15) is 4.79 Å². The predicted molar refractivity (Wildman–Crippen MR) is 51.6 cm³/mol. The molecule has 1 heterocycles. The van der Waals surface area contributed by atoms with Gasteiger partial charge >= 0.3 is 0 Å². The monoisotopic (exact) mass is 177 g/mol. The van der Waals surface area contributed by atoms with Gasteiger partial charge in [0.15, 0.2) is 0 Å². The van der Waals surface area contributed by atoms with Crippen molar-refractivity contribution in [1.29, 1.82) is 0 Å². The first-order chi connectivity index (χ1) is 6.27. The number of rotatable bonds is 1. The average Bonchev–Trinajstić information content (AvgIpc) is 2.61. The van der Waals surface area contributed by atoms with Gasteiger partial charge in [-0.2, -0.15) is 0 Å². The van der Waals surface area contributed by atoms with Gasteiger partial charge in [0.25, 0.3) is 0 Å². The van der Waals surface area contributed by atoms with Crippen LogP contribution in [0.15, 0.2) is 18.3 Å². The number of H-pyrrole nitrogens is 1. The van der Waals surface area contributed by atoms with Crippen LogP contribution >= 0.6 is 0 Å². The van der Waals surface area contributed by atoms with E-state index < -0.39 is 0 Å². The average molecular weight is 177 g/mol. The van der Waals surface area contributed by atoms with Crippen molar-refractivity contribution in [2.75, 3.05) is 0 Å². The van der Waals surface area contributed by atoms with Crippen LogP contribution in [0, 0.1) is 5.92 Å². The van der Waals surface area contributed by atoms with Gasteiger partial charge in [0.1, 0.15) is 5.78 Å². The van der Waals surface area contributed by atoms with E-state index in [0.717, 1.165) is 19.3 Å². The summed E-state index contributed by atoms with van der Waals surface area (Å²) in [5, 5.41) is 0. The summed E-state index contributed by atoms with van der Waals surface area (Å²) in [6.07, 6.45) is 4.48. The second-order valence-electron chi connectivity index (χ2n) is 3.99. The van der Waals surface area contributed by atoms with Gasteiger partial charge in [-0.15, -0.1) is 0 Å². The standard InChI is InChI=1S/C11H15NO/c1-8-4-5-9(13)7-10(8)11-3-2-6-12-11/h2-3,6,8,10,12H,4-5,7H2,1H3. The zero-order valence-electron chi connectivity index (χ0n) is 7.92. The van der Waals surface area contributed by atoms with Crippen LogP contribution in [0.1, 0.15) is 37.8 Å². The van der Waals surface area contributed by atoms with Crippen LogP contribution in [0.3, 0.4) is 0 Å². The number of carbonyl (C=O) groups is 1. The SMILES string of the molecule is CC1CCC(=O)CC1c1ccc[nH]1.